The summed E-state index contributed by atoms with van der Waals surface area (Å²) in [6.07, 6.45) is 2.39. The molecule has 17 heavy (non-hydrogen) atoms. The van der Waals surface area contributed by atoms with Crippen LogP contribution in [0.25, 0.3) is 11.0 Å². The third-order valence-corrected chi connectivity index (χ3v) is 3.11. The van der Waals surface area contributed by atoms with Crippen LogP contribution < -0.4 is 10.3 Å². The quantitative estimate of drug-likeness (QED) is 0.919. The molecule has 3 rings (SSSR count). The maximum absolute atomic E-state index is 11.7. The Bertz CT molecular complexity index is 649. The first-order valence-corrected chi connectivity index (χ1v) is 6.16. The molecule has 2 heterocycles. The monoisotopic (exact) mass is 295 g/mol. The molecule has 0 radical (unpaired) electrons. The predicted molar refractivity (Wildman–Crippen MR) is 66.2 cm³/mol. The third-order valence-electron chi connectivity index (χ3n) is 2.54. The summed E-state index contributed by atoms with van der Waals surface area (Å²) in [5.41, 5.74) is 0.240. The van der Waals surface area contributed by atoms with Gasteiger partial charge in [-0.2, -0.15) is 4.98 Å². The summed E-state index contributed by atoms with van der Waals surface area (Å²) in [7, 11) is 0. The number of rotatable bonds is 2. The first-order chi connectivity index (χ1) is 8.13. The predicted octanol–water partition coefficient (Wildman–Crippen LogP) is 1.93. The van der Waals surface area contributed by atoms with Gasteiger partial charge in [-0.15, -0.1) is 0 Å². The van der Waals surface area contributed by atoms with Crippen molar-refractivity contribution in [2.45, 2.75) is 25.9 Å². The maximum atomic E-state index is 11.7. The van der Waals surface area contributed by atoms with E-state index in [-0.39, 0.29) is 11.7 Å². The van der Waals surface area contributed by atoms with Crippen LogP contribution in [0.2, 0.25) is 0 Å². The number of ether oxygens (including phenoxy) is 1. The largest absolute Gasteiger partial charge is 0.473 e. The van der Waals surface area contributed by atoms with Crippen LogP contribution in [-0.4, -0.2) is 21.1 Å². The lowest BCUT2D eigenvalue weighted by Gasteiger charge is -2.06. The van der Waals surface area contributed by atoms with Gasteiger partial charge in [-0.1, -0.05) is 0 Å². The molecule has 2 aromatic rings. The fourth-order valence-electron chi connectivity index (χ4n) is 1.56. The highest BCUT2D eigenvalue weighted by Crippen LogP contribution is 2.31. The van der Waals surface area contributed by atoms with Gasteiger partial charge in [-0.3, -0.25) is 4.79 Å². The van der Waals surface area contributed by atoms with Crippen molar-refractivity contribution < 1.29 is 4.74 Å². The standard InChI is InChI=1S/C11H10BrN3O2/c1-5-13-9-7(10(16)14-5)4-8(12)11(15-9)17-6-2-3-6/h4,6H,2-3H2,1H3,(H,13,14,15,16). The topological polar surface area (TPSA) is 67.9 Å². The van der Waals surface area contributed by atoms with Gasteiger partial charge in [0.25, 0.3) is 5.56 Å². The molecule has 0 atom stereocenters. The molecule has 1 N–H and O–H groups in total. The van der Waals surface area contributed by atoms with E-state index in [0.29, 0.717) is 27.2 Å². The molecule has 1 aliphatic carbocycles. The molecule has 0 unspecified atom stereocenters. The summed E-state index contributed by atoms with van der Waals surface area (Å²) in [5, 5.41) is 0.464. The smallest absolute Gasteiger partial charge is 0.260 e. The number of aromatic nitrogens is 3. The Kier molecular flexibility index (Phi) is 2.39. The van der Waals surface area contributed by atoms with Gasteiger partial charge in [0.2, 0.25) is 5.88 Å². The molecular weight excluding hydrogens is 286 g/mol. The Morgan fingerprint density at radius 2 is 2.24 bits per heavy atom. The van der Waals surface area contributed by atoms with Crippen molar-refractivity contribution in [3.8, 4) is 5.88 Å². The molecule has 0 bridgehead atoms. The van der Waals surface area contributed by atoms with E-state index in [4.69, 9.17) is 4.74 Å². The number of hydrogen-bond acceptors (Lipinski definition) is 4. The van der Waals surface area contributed by atoms with Gasteiger partial charge < -0.3 is 9.72 Å². The minimum Gasteiger partial charge on any atom is -0.473 e. The molecule has 1 fully saturated rings. The second-order valence-electron chi connectivity index (χ2n) is 4.12. The molecule has 0 aliphatic heterocycles. The van der Waals surface area contributed by atoms with Crippen LogP contribution in [0, 0.1) is 6.92 Å². The third kappa shape index (κ3) is 2.04. The van der Waals surface area contributed by atoms with Crippen molar-refractivity contribution >= 4 is 27.0 Å². The average molecular weight is 296 g/mol. The molecule has 5 nitrogen and oxygen atoms in total. The van der Waals surface area contributed by atoms with Crippen LogP contribution in [0.3, 0.4) is 0 Å². The van der Waals surface area contributed by atoms with Crippen molar-refractivity contribution in [2.24, 2.45) is 0 Å². The number of aryl methyl sites for hydroxylation is 1. The Balaban J connectivity index is 2.19. The van der Waals surface area contributed by atoms with Crippen LogP contribution >= 0.6 is 15.9 Å². The number of nitrogens with one attached hydrogen (secondary N) is 1. The highest BCUT2D eigenvalue weighted by molar-refractivity contribution is 9.10. The van der Waals surface area contributed by atoms with Gasteiger partial charge in [0.1, 0.15) is 11.9 Å². The second-order valence-corrected chi connectivity index (χ2v) is 4.97. The van der Waals surface area contributed by atoms with E-state index >= 15 is 0 Å². The first kappa shape index (κ1) is 10.7. The normalized spacial score (nSPS) is 15.2. The van der Waals surface area contributed by atoms with Gasteiger partial charge in [0, 0.05) is 0 Å². The zero-order valence-electron chi connectivity index (χ0n) is 9.16. The first-order valence-electron chi connectivity index (χ1n) is 5.37. The summed E-state index contributed by atoms with van der Waals surface area (Å²) in [4.78, 5) is 22.8. The highest BCUT2D eigenvalue weighted by Gasteiger charge is 2.25. The molecule has 1 aliphatic rings. The Labute approximate surface area is 105 Å². The number of H-pyrrole nitrogens is 1. The molecule has 88 valence electrons. The second kappa shape index (κ2) is 3.80. The van der Waals surface area contributed by atoms with Gasteiger partial charge in [-0.25, -0.2) is 4.98 Å². The van der Waals surface area contributed by atoms with Crippen LogP contribution in [0.4, 0.5) is 0 Å². The lowest BCUT2D eigenvalue weighted by atomic mass is 10.3. The molecule has 0 amide bonds. The molecule has 0 aromatic carbocycles. The van der Waals surface area contributed by atoms with Crippen molar-refractivity contribution in [3.05, 3.63) is 26.7 Å². The zero-order valence-corrected chi connectivity index (χ0v) is 10.7. The Morgan fingerprint density at radius 3 is 2.94 bits per heavy atom. The van der Waals surface area contributed by atoms with E-state index in [1.165, 1.54) is 0 Å². The van der Waals surface area contributed by atoms with Gasteiger partial charge >= 0.3 is 0 Å². The number of halogens is 1. The van der Waals surface area contributed by atoms with E-state index in [1.54, 1.807) is 13.0 Å². The highest BCUT2D eigenvalue weighted by atomic mass is 79.9. The molecule has 0 spiro atoms. The minimum absolute atomic E-state index is 0.182. The van der Waals surface area contributed by atoms with Crippen molar-refractivity contribution in [2.75, 3.05) is 0 Å². The van der Waals surface area contributed by atoms with E-state index in [9.17, 15) is 4.79 Å². The number of hydrogen-bond donors (Lipinski definition) is 1. The minimum atomic E-state index is -0.182. The summed E-state index contributed by atoms with van der Waals surface area (Å²) < 4.78 is 6.32. The lowest BCUT2D eigenvalue weighted by Crippen LogP contribution is -2.11. The molecule has 1 saturated carbocycles. The van der Waals surface area contributed by atoms with Gasteiger partial charge in [0.15, 0.2) is 5.65 Å². The van der Waals surface area contributed by atoms with Crippen LogP contribution in [0.1, 0.15) is 18.7 Å². The van der Waals surface area contributed by atoms with E-state index in [2.05, 4.69) is 30.9 Å². The Hall–Kier alpha value is -1.43. The fourth-order valence-corrected chi connectivity index (χ4v) is 1.97. The lowest BCUT2D eigenvalue weighted by molar-refractivity contribution is 0.290. The molecule has 0 saturated heterocycles. The van der Waals surface area contributed by atoms with Gasteiger partial charge in [-0.05, 0) is 41.8 Å². The summed E-state index contributed by atoms with van der Waals surface area (Å²) >= 11 is 3.36. The summed E-state index contributed by atoms with van der Waals surface area (Å²) in [6, 6.07) is 1.70. The summed E-state index contributed by atoms with van der Waals surface area (Å²) in [5.74, 6) is 1.06. The van der Waals surface area contributed by atoms with Crippen LogP contribution in [-0.2, 0) is 0 Å². The van der Waals surface area contributed by atoms with E-state index in [0.717, 1.165) is 12.8 Å². The molecule has 2 aromatic heterocycles. The number of pyridine rings is 1. The van der Waals surface area contributed by atoms with Gasteiger partial charge in [0.05, 0.1) is 9.86 Å². The number of nitrogens with zero attached hydrogens (tertiary/aromatic N) is 2. The maximum Gasteiger partial charge on any atom is 0.260 e. The van der Waals surface area contributed by atoms with E-state index in [1.807, 2.05) is 0 Å². The van der Waals surface area contributed by atoms with Crippen LogP contribution in [0.5, 0.6) is 5.88 Å². The van der Waals surface area contributed by atoms with Crippen molar-refractivity contribution in [3.63, 3.8) is 0 Å². The van der Waals surface area contributed by atoms with Crippen molar-refractivity contribution in [1.82, 2.24) is 15.0 Å². The fraction of sp³-hybridized carbons (Fsp3) is 0.364. The van der Waals surface area contributed by atoms with Crippen LogP contribution in [0.15, 0.2) is 15.3 Å². The molecule has 6 heteroatoms. The zero-order chi connectivity index (χ0) is 12.0. The Morgan fingerprint density at radius 1 is 1.47 bits per heavy atom. The molecular formula is C11H10BrN3O2. The van der Waals surface area contributed by atoms with E-state index < -0.39 is 0 Å². The SMILES string of the molecule is Cc1nc2nc(OC3CC3)c(Br)cc2c(=O)[nH]1. The van der Waals surface area contributed by atoms with Crippen molar-refractivity contribution in [1.29, 1.82) is 0 Å². The average Bonchev–Trinajstić information content (AvgIpc) is 3.04. The number of fused-ring (bicyclic) bond motifs is 1. The number of aromatic amines is 1. The summed E-state index contributed by atoms with van der Waals surface area (Å²) in [6.45, 7) is 1.73.